The number of rotatable bonds is 4. The molecule has 0 unspecified atom stereocenters. The highest BCUT2D eigenvalue weighted by atomic mass is 19.1. The molecule has 9 heteroatoms. The monoisotopic (exact) mass is 466 g/mol. The Morgan fingerprint density at radius 2 is 1.59 bits per heavy atom. The molecule has 0 radical (unpaired) electrons. The highest BCUT2D eigenvalue weighted by Gasteiger charge is 2.31. The van der Waals surface area contributed by atoms with Gasteiger partial charge in [0.2, 0.25) is 5.91 Å². The Balaban J connectivity index is 1.29. The molecule has 3 aliphatic heterocycles. The third-order valence-corrected chi connectivity index (χ3v) is 6.66. The number of ether oxygens (including phenoxy) is 1. The summed E-state index contributed by atoms with van der Waals surface area (Å²) in [6.45, 7) is 3.59. The third-order valence-electron chi connectivity index (χ3n) is 6.66. The Morgan fingerprint density at radius 1 is 0.882 bits per heavy atom. The molecule has 0 aromatic heterocycles. The van der Waals surface area contributed by atoms with E-state index in [1.807, 2.05) is 0 Å². The van der Waals surface area contributed by atoms with Crippen molar-refractivity contribution in [3.8, 4) is 5.75 Å². The Hall–Kier alpha value is -3.62. The van der Waals surface area contributed by atoms with E-state index in [1.165, 1.54) is 17.0 Å². The molecular formula is C25H27FN4O4. The maximum atomic E-state index is 13.2. The largest absolute Gasteiger partial charge is 0.482 e. The molecule has 0 aliphatic carbocycles. The van der Waals surface area contributed by atoms with Crippen LogP contribution in [0.4, 0.5) is 15.8 Å². The summed E-state index contributed by atoms with van der Waals surface area (Å²) in [7, 11) is 0. The van der Waals surface area contributed by atoms with Gasteiger partial charge in [-0.2, -0.15) is 0 Å². The van der Waals surface area contributed by atoms with Crippen molar-refractivity contribution in [1.29, 1.82) is 0 Å². The first-order chi connectivity index (χ1) is 16.5. The Morgan fingerprint density at radius 3 is 2.29 bits per heavy atom. The lowest BCUT2D eigenvalue weighted by molar-refractivity contribution is -0.131. The van der Waals surface area contributed by atoms with Crippen LogP contribution in [0.3, 0.4) is 0 Å². The van der Waals surface area contributed by atoms with Gasteiger partial charge in [0.15, 0.2) is 6.61 Å². The lowest BCUT2D eigenvalue weighted by atomic mass is 10.1. The van der Waals surface area contributed by atoms with E-state index in [2.05, 4.69) is 4.90 Å². The number of benzene rings is 2. The second kappa shape index (κ2) is 9.32. The van der Waals surface area contributed by atoms with Gasteiger partial charge in [0.05, 0.1) is 5.69 Å². The number of likely N-dealkylation sites (tertiary alicyclic amines) is 1. The minimum atomic E-state index is -0.294. The number of halogens is 1. The van der Waals surface area contributed by atoms with E-state index in [1.54, 1.807) is 40.1 Å². The molecule has 34 heavy (non-hydrogen) atoms. The number of piperazine rings is 1. The van der Waals surface area contributed by atoms with Crippen LogP contribution >= 0.6 is 0 Å². The molecule has 0 spiro atoms. The minimum absolute atomic E-state index is 0.0524. The van der Waals surface area contributed by atoms with Crippen LogP contribution in [0.1, 0.15) is 23.2 Å². The Bertz CT molecular complexity index is 1090. The predicted molar refractivity (Wildman–Crippen MR) is 125 cm³/mol. The van der Waals surface area contributed by atoms with Gasteiger partial charge >= 0.3 is 0 Å². The first kappa shape index (κ1) is 22.2. The maximum absolute atomic E-state index is 13.2. The van der Waals surface area contributed by atoms with Crippen molar-refractivity contribution in [2.24, 2.45) is 0 Å². The molecular weight excluding hydrogens is 439 g/mol. The van der Waals surface area contributed by atoms with E-state index in [9.17, 15) is 18.8 Å². The second-order valence-electron chi connectivity index (χ2n) is 8.79. The fourth-order valence-electron chi connectivity index (χ4n) is 4.71. The van der Waals surface area contributed by atoms with Gasteiger partial charge in [0.1, 0.15) is 18.1 Å². The fourth-order valence-corrected chi connectivity index (χ4v) is 4.71. The van der Waals surface area contributed by atoms with Gasteiger partial charge in [0.25, 0.3) is 11.8 Å². The number of hydrogen-bond acceptors (Lipinski definition) is 5. The van der Waals surface area contributed by atoms with Crippen LogP contribution in [-0.4, -0.2) is 79.9 Å². The van der Waals surface area contributed by atoms with Crippen LogP contribution in [-0.2, 0) is 9.59 Å². The van der Waals surface area contributed by atoms with Gasteiger partial charge in [0, 0.05) is 50.5 Å². The molecule has 5 rings (SSSR count). The molecule has 2 aromatic carbocycles. The summed E-state index contributed by atoms with van der Waals surface area (Å²) in [6.07, 6.45) is 1.96. The fraction of sp³-hybridized carbons (Fsp3) is 0.400. The number of fused-ring (bicyclic) bond motifs is 1. The Labute approximate surface area is 197 Å². The molecule has 2 fully saturated rings. The van der Waals surface area contributed by atoms with Crippen LogP contribution in [0, 0.1) is 5.82 Å². The first-order valence-corrected chi connectivity index (χ1v) is 11.6. The van der Waals surface area contributed by atoms with Crippen molar-refractivity contribution >= 4 is 29.1 Å². The normalized spacial score (nSPS) is 18.1. The summed E-state index contributed by atoms with van der Waals surface area (Å²) >= 11 is 0. The Kier molecular flexibility index (Phi) is 6.08. The zero-order valence-electron chi connectivity index (χ0n) is 18.9. The molecule has 0 N–H and O–H groups in total. The van der Waals surface area contributed by atoms with E-state index >= 15 is 0 Å². The van der Waals surface area contributed by atoms with Crippen molar-refractivity contribution in [1.82, 2.24) is 9.80 Å². The topological polar surface area (TPSA) is 73.4 Å². The zero-order chi connectivity index (χ0) is 23.7. The van der Waals surface area contributed by atoms with Gasteiger partial charge in [-0.15, -0.1) is 0 Å². The highest BCUT2D eigenvalue weighted by Crippen LogP contribution is 2.33. The third kappa shape index (κ3) is 4.42. The molecule has 0 atom stereocenters. The average Bonchev–Trinajstić information content (AvgIpc) is 3.41. The van der Waals surface area contributed by atoms with Crippen molar-refractivity contribution in [2.75, 3.05) is 62.2 Å². The summed E-state index contributed by atoms with van der Waals surface area (Å²) in [4.78, 5) is 45.6. The lowest BCUT2D eigenvalue weighted by Gasteiger charge is -2.36. The van der Waals surface area contributed by atoms with Crippen LogP contribution in [0.5, 0.6) is 5.75 Å². The van der Waals surface area contributed by atoms with Crippen molar-refractivity contribution < 1.29 is 23.5 Å². The van der Waals surface area contributed by atoms with E-state index in [0.29, 0.717) is 56.3 Å². The average molecular weight is 467 g/mol. The number of carbonyl (C=O) groups is 3. The number of carbonyl (C=O) groups excluding carboxylic acids is 3. The van der Waals surface area contributed by atoms with E-state index in [0.717, 1.165) is 18.5 Å². The van der Waals surface area contributed by atoms with Gasteiger partial charge < -0.3 is 19.4 Å². The zero-order valence-corrected chi connectivity index (χ0v) is 18.9. The van der Waals surface area contributed by atoms with Crippen molar-refractivity contribution in [2.45, 2.75) is 12.8 Å². The van der Waals surface area contributed by atoms with E-state index in [-0.39, 0.29) is 36.7 Å². The first-order valence-electron chi connectivity index (χ1n) is 11.6. The summed E-state index contributed by atoms with van der Waals surface area (Å²) in [5.41, 5.74) is 1.83. The minimum Gasteiger partial charge on any atom is -0.482 e. The van der Waals surface area contributed by atoms with Crippen LogP contribution in [0.2, 0.25) is 0 Å². The molecule has 3 amide bonds. The van der Waals surface area contributed by atoms with Gasteiger partial charge in [-0.3, -0.25) is 19.3 Å². The number of amides is 3. The molecule has 0 saturated carbocycles. The molecule has 2 aromatic rings. The van der Waals surface area contributed by atoms with E-state index in [4.69, 9.17) is 4.74 Å². The number of anilines is 2. The number of nitrogens with zero attached hydrogens (tertiary/aromatic N) is 4. The molecule has 178 valence electrons. The quantitative estimate of drug-likeness (QED) is 0.691. The standard InChI is InChI=1S/C25H27FN4O4/c26-19-4-6-20(7-5-19)27-11-13-29(14-12-27)25(33)18-3-8-22-21(15-18)30(24(32)17-34-22)16-23(31)28-9-1-2-10-28/h3-8,15H,1-2,9-14,16-17H2. The smallest absolute Gasteiger partial charge is 0.265 e. The number of hydrogen-bond donors (Lipinski definition) is 0. The lowest BCUT2D eigenvalue weighted by Crippen LogP contribution is -2.49. The summed E-state index contributed by atoms with van der Waals surface area (Å²) in [6, 6.07) is 11.4. The molecule has 3 heterocycles. The molecule has 3 aliphatic rings. The SMILES string of the molecule is O=C(CN1C(=O)COc2ccc(C(=O)N3CCN(c4ccc(F)cc4)CC3)cc21)N1CCCC1. The summed E-state index contributed by atoms with van der Waals surface area (Å²) in [5.74, 6) is -0.301. The predicted octanol–water partition coefficient (Wildman–Crippen LogP) is 2.14. The van der Waals surface area contributed by atoms with Crippen molar-refractivity contribution in [3.63, 3.8) is 0 Å². The van der Waals surface area contributed by atoms with Crippen LogP contribution in [0.25, 0.3) is 0 Å². The molecule has 8 nitrogen and oxygen atoms in total. The van der Waals surface area contributed by atoms with Crippen LogP contribution in [0.15, 0.2) is 42.5 Å². The maximum Gasteiger partial charge on any atom is 0.265 e. The second-order valence-corrected chi connectivity index (χ2v) is 8.79. The molecule has 2 saturated heterocycles. The highest BCUT2D eigenvalue weighted by molar-refractivity contribution is 6.04. The van der Waals surface area contributed by atoms with Gasteiger partial charge in [-0.25, -0.2) is 4.39 Å². The van der Waals surface area contributed by atoms with Gasteiger partial charge in [-0.05, 0) is 55.3 Å². The van der Waals surface area contributed by atoms with Gasteiger partial charge in [-0.1, -0.05) is 0 Å². The summed E-state index contributed by atoms with van der Waals surface area (Å²) < 4.78 is 18.8. The van der Waals surface area contributed by atoms with E-state index < -0.39 is 0 Å². The summed E-state index contributed by atoms with van der Waals surface area (Å²) in [5, 5.41) is 0. The molecule has 0 bridgehead atoms. The van der Waals surface area contributed by atoms with Crippen molar-refractivity contribution in [3.05, 3.63) is 53.8 Å². The van der Waals surface area contributed by atoms with Crippen LogP contribution < -0.4 is 14.5 Å².